The minimum Gasteiger partial charge on any atom is -0.437 e. The lowest BCUT2D eigenvalue weighted by Crippen LogP contribution is -2.64. The molecule has 0 spiro atoms. The Balaban J connectivity index is 1.52. The Morgan fingerprint density at radius 2 is 1.89 bits per heavy atom. The molecule has 13 heteroatoms. The van der Waals surface area contributed by atoms with E-state index in [4.69, 9.17) is 4.74 Å². The van der Waals surface area contributed by atoms with Crippen molar-refractivity contribution >= 4 is 44.3 Å². The number of likely N-dealkylation sites (tertiary alicyclic amines) is 1. The summed E-state index contributed by atoms with van der Waals surface area (Å²) in [5.74, 6) is 0.434. The van der Waals surface area contributed by atoms with Crippen LogP contribution in [-0.2, 0) is 11.0 Å². The summed E-state index contributed by atoms with van der Waals surface area (Å²) in [6, 6.07) is 9.66. The van der Waals surface area contributed by atoms with Gasteiger partial charge in [-0.1, -0.05) is 37.3 Å². The van der Waals surface area contributed by atoms with Crippen LogP contribution in [0.3, 0.4) is 0 Å². The lowest BCUT2D eigenvalue weighted by atomic mass is 9.97. The van der Waals surface area contributed by atoms with Gasteiger partial charge >= 0.3 is 12.2 Å². The van der Waals surface area contributed by atoms with Crippen LogP contribution < -0.4 is 15.4 Å². The molecule has 1 aliphatic heterocycles. The van der Waals surface area contributed by atoms with Gasteiger partial charge in [0.15, 0.2) is 10.9 Å². The molecule has 9 nitrogen and oxygen atoms in total. The number of rotatable bonds is 7. The van der Waals surface area contributed by atoms with Gasteiger partial charge in [0.1, 0.15) is 17.4 Å². The fourth-order valence-electron chi connectivity index (χ4n) is 5.85. The molecule has 1 saturated heterocycles. The molecule has 0 aliphatic carbocycles. The molecule has 2 aromatic carbocycles. The van der Waals surface area contributed by atoms with Crippen LogP contribution in [-0.4, -0.2) is 50.0 Å². The normalized spacial score (nSPS) is 18.0. The second-order valence-electron chi connectivity index (χ2n) is 12.0. The van der Waals surface area contributed by atoms with E-state index in [1.165, 1.54) is 36.7 Å². The Morgan fingerprint density at radius 1 is 1.11 bits per heavy atom. The third-order valence-electron chi connectivity index (χ3n) is 7.94. The van der Waals surface area contributed by atoms with Crippen LogP contribution in [0.25, 0.3) is 21.5 Å². The first kappa shape index (κ1) is 31.3. The molecule has 0 radical (unpaired) electrons. The topological polar surface area (TPSA) is 106 Å². The van der Waals surface area contributed by atoms with E-state index < -0.39 is 11.7 Å². The Bertz CT molecular complexity index is 1720. The predicted molar refractivity (Wildman–Crippen MR) is 164 cm³/mol. The molecule has 1 atom stereocenters. The highest BCUT2D eigenvalue weighted by molar-refractivity contribution is 7.22. The number of aromatic nitrogens is 3. The molecule has 0 saturated carbocycles. The number of nitrogens with one attached hydrogen (secondary N) is 2. The number of hydrogen-bond donors (Lipinski definition) is 2. The van der Waals surface area contributed by atoms with E-state index >= 15 is 0 Å². The maximum atomic E-state index is 14.0. The summed E-state index contributed by atoms with van der Waals surface area (Å²) < 4.78 is 48.4. The van der Waals surface area contributed by atoms with Crippen LogP contribution >= 0.6 is 11.3 Å². The Labute approximate surface area is 257 Å². The largest absolute Gasteiger partial charge is 0.437 e. The van der Waals surface area contributed by atoms with Crippen molar-refractivity contribution < 1.29 is 32.0 Å². The third-order valence-corrected chi connectivity index (χ3v) is 8.87. The number of thiazole rings is 1. The molecule has 3 amide bonds. The summed E-state index contributed by atoms with van der Waals surface area (Å²) >= 11 is 1.29. The molecule has 2 N–H and O–H groups in total. The molecular formula is C31H34F3N6O3S+. The molecule has 3 heterocycles. The molecule has 2 aromatic heterocycles. The van der Waals surface area contributed by atoms with E-state index in [9.17, 15) is 22.8 Å². The number of quaternary nitrogens is 1. The second kappa shape index (κ2) is 11.8. The number of amides is 3. The van der Waals surface area contributed by atoms with E-state index in [2.05, 4.69) is 25.6 Å². The zero-order valence-electron chi connectivity index (χ0n) is 25.1. The van der Waals surface area contributed by atoms with Gasteiger partial charge in [-0.15, -0.1) is 0 Å². The molecule has 1 unspecified atom stereocenters. The number of nitrogens with zero attached hydrogens (tertiary/aromatic N) is 4. The van der Waals surface area contributed by atoms with Gasteiger partial charge in [-0.05, 0) is 38.1 Å². The number of hydrogen-bond acceptors (Lipinski definition) is 7. The van der Waals surface area contributed by atoms with E-state index in [0.29, 0.717) is 29.5 Å². The summed E-state index contributed by atoms with van der Waals surface area (Å²) in [7, 11) is 0. The van der Waals surface area contributed by atoms with E-state index in [1.54, 1.807) is 12.1 Å². The number of carbonyl (C=O) groups excluding carboxylic acids is 2. The standard InChI is InChI=1S/C31H33F3N6O3S/c1-18(2)16-40(13-7-12-30(40,4)5)29(42)38-23-14-20(31(32,33)34)10-11-21(23)22-15-26(36-17-35-22)43-24-8-6-9-25-27(24)39-28(44-25)37-19(3)41/h6,8-11,14-15,17-18H,7,12-13,16H2,1-5H3,(H-,35,36,37,38,39,41,42)/p+1. The highest BCUT2D eigenvalue weighted by atomic mass is 32.1. The van der Waals surface area contributed by atoms with Crippen molar-refractivity contribution in [3.63, 3.8) is 0 Å². The zero-order chi connectivity index (χ0) is 31.9. The van der Waals surface area contributed by atoms with Crippen molar-refractivity contribution in [2.24, 2.45) is 5.92 Å². The van der Waals surface area contributed by atoms with Crippen molar-refractivity contribution in [1.82, 2.24) is 15.0 Å². The van der Waals surface area contributed by atoms with Gasteiger partial charge in [0.25, 0.3) is 0 Å². The maximum absolute atomic E-state index is 14.0. The van der Waals surface area contributed by atoms with Crippen LogP contribution in [0.4, 0.5) is 28.8 Å². The predicted octanol–water partition coefficient (Wildman–Crippen LogP) is 8.10. The van der Waals surface area contributed by atoms with Crippen molar-refractivity contribution in [1.29, 1.82) is 0 Å². The maximum Gasteiger partial charge on any atom is 0.421 e. The highest BCUT2D eigenvalue weighted by Crippen LogP contribution is 2.41. The van der Waals surface area contributed by atoms with Gasteiger partial charge in [-0.3, -0.25) is 10.1 Å². The second-order valence-corrected chi connectivity index (χ2v) is 13.0. The van der Waals surface area contributed by atoms with Gasteiger partial charge in [0, 0.05) is 37.3 Å². The number of fused-ring (bicyclic) bond motifs is 1. The zero-order valence-corrected chi connectivity index (χ0v) is 25.9. The summed E-state index contributed by atoms with van der Waals surface area (Å²) in [6.07, 6.45) is -1.70. The molecule has 1 aliphatic rings. The first-order chi connectivity index (χ1) is 20.7. The minimum atomic E-state index is -4.61. The van der Waals surface area contributed by atoms with Crippen LogP contribution in [0.1, 0.15) is 53.0 Å². The molecule has 44 heavy (non-hydrogen) atoms. The lowest BCUT2D eigenvalue weighted by molar-refractivity contribution is -0.886. The van der Waals surface area contributed by atoms with E-state index in [1.807, 2.05) is 33.8 Å². The fourth-order valence-corrected chi connectivity index (χ4v) is 6.78. The molecule has 0 bridgehead atoms. The van der Waals surface area contributed by atoms with Gasteiger partial charge < -0.3 is 10.1 Å². The number of para-hydroxylation sites is 1. The Morgan fingerprint density at radius 3 is 2.55 bits per heavy atom. The number of carbonyl (C=O) groups is 2. The average Bonchev–Trinajstić information content (AvgIpc) is 3.47. The number of ether oxygens (including phenoxy) is 1. The highest BCUT2D eigenvalue weighted by Gasteiger charge is 2.54. The lowest BCUT2D eigenvalue weighted by Gasteiger charge is -2.43. The fraction of sp³-hybridized carbons (Fsp3) is 0.387. The monoisotopic (exact) mass is 627 g/mol. The number of anilines is 2. The minimum absolute atomic E-state index is 0.0000159. The SMILES string of the molecule is CC(=O)Nc1nc2c(Oc3cc(-c4ccc(C(F)(F)F)cc4NC(=O)[N+]4(CC(C)C)CCCC4(C)C)ncn3)cccc2s1. The molecule has 4 aromatic rings. The average molecular weight is 628 g/mol. The number of benzene rings is 2. The van der Waals surface area contributed by atoms with Crippen LogP contribution in [0, 0.1) is 5.92 Å². The van der Waals surface area contributed by atoms with Crippen molar-refractivity contribution in [3.05, 3.63) is 54.4 Å². The summed E-state index contributed by atoms with van der Waals surface area (Å²) in [5.41, 5.74) is -0.208. The van der Waals surface area contributed by atoms with Crippen molar-refractivity contribution in [2.45, 2.75) is 59.2 Å². The molecule has 1 fully saturated rings. The first-order valence-electron chi connectivity index (χ1n) is 14.3. The summed E-state index contributed by atoms with van der Waals surface area (Å²) in [5, 5.41) is 5.94. The van der Waals surface area contributed by atoms with Crippen LogP contribution in [0.5, 0.6) is 11.6 Å². The van der Waals surface area contributed by atoms with Crippen LogP contribution in [0.15, 0.2) is 48.8 Å². The van der Waals surface area contributed by atoms with Gasteiger partial charge in [-0.2, -0.15) is 13.2 Å². The molecule has 232 valence electrons. The van der Waals surface area contributed by atoms with Gasteiger partial charge in [0.2, 0.25) is 11.8 Å². The number of halogens is 3. The quantitative estimate of drug-likeness (QED) is 0.201. The van der Waals surface area contributed by atoms with E-state index in [-0.39, 0.29) is 50.7 Å². The smallest absolute Gasteiger partial charge is 0.421 e. The van der Waals surface area contributed by atoms with E-state index in [0.717, 1.165) is 29.7 Å². The first-order valence-corrected chi connectivity index (χ1v) is 15.1. The van der Waals surface area contributed by atoms with Gasteiger partial charge in [-0.25, -0.2) is 24.2 Å². The van der Waals surface area contributed by atoms with Crippen molar-refractivity contribution in [2.75, 3.05) is 23.7 Å². The van der Waals surface area contributed by atoms with Crippen LogP contribution in [0.2, 0.25) is 0 Å². The third kappa shape index (κ3) is 6.25. The van der Waals surface area contributed by atoms with Gasteiger partial charge in [0.05, 0.1) is 34.7 Å². The summed E-state index contributed by atoms with van der Waals surface area (Å²) in [6.45, 7) is 10.7. The van der Waals surface area contributed by atoms with Crippen molar-refractivity contribution in [3.8, 4) is 22.9 Å². The molecule has 5 rings (SSSR count). The summed E-state index contributed by atoms with van der Waals surface area (Å²) in [4.78, 5) is 38.5. The Kier molecular flexibility index (Phi) is 8.38. The Hall–Kier alpha value is -4.10. The number of alkyl halides is 3. The molecular weight excluding hydrogens is 593 g/mol. The number of urea groups is 1.